The second-order valence-electron chi connectivity index (χ2n) is 12.4. The molecular formula is C42H30Cl2N4O4S3. The first-order chi connectivity index (χ1) is 26.5. The maximum atomic E-state index is 12.6. The normalized spacial score (nSPS) is 11.2. The van der Waals surface area contributed by atoms with Gasteiger partial charge >= 0.3 is 0 Å². The minimum Gasteiger partial charge on any atom is -0.321 e. The van der Waals surface area contributed by atoms with Gasteiger partial charge in [-0.1, -0.05) is 71.7 Å². The number of carbonyl (C=O) groups excluding carboxylic acids is 2. The van der Waals surface area contributed by atoms with Crippen molar-refractivity contribution in [2.75, 3.05) is 16.9 Å². The van der Waals surface area contributed by atoms with E-state index < -0.39 is 9.84 Å². The molecule has 2 N–H and O–H groups in total. The highest BCUT2D eigenvalue weighted by molar-refractivity contribution is 7.92. The number of hydrogen-bond donors (Lipinski definition) is 2. The Morgan fingerprint density at radius 1 is 0.655 bits per heavy atom. The predicted octanol–water partition coefficient (Wildman–Crippen LogP) is 11.4. The highest BCUT2D eigenvalue weighted by Gasteiger charge is 2.17. The molecule has 0 aliphatic heterocycles. The summed E-state index contributed by atoms with van der Waals surface area (Å²) in [4.78, 5) is 35.1. The van der Waals surface area contributed by atoms with E-state index in [0.29, 0.717) is 36.7 Å². The van der Waals surface area contributed by atoms with Crippen molar-refractivity contribution in [3.8, 4) is 22.5 Å². The quantitative estimate of drug-likeness (QED) is 0.165. The van der Waals surface area contributed by atoms with Crippen molar-refractivity contribution >= 4 is 100 Å². The van der Waals surface area contributed by atoms with Gasteiger partial charge in [0.1, 0.15) is 4.21 Å². The van der Waals surface area contributed by atoms with Gasteiger partial charge < -0.3 is 10.6 Å². The number of hydrogen-bond acceptors (Lipinski definition) is 8. The SMILES string of the molecule is CS(=O)(=O)c1ccc(C(=O)Nc2ccc(Cl)c(-c3nccc4ccccc34)c2)s1.Cc1ccsc1C(=O)Nc1ccc(Cl)c(-c2nccc3ccccc23)c1. The molecule has 0 radical (unpaired) electrons. The molecule has 274 valence electrons. The Morgan fingerprint density at radius 3 is 1.67 bits per heavy atom. The molecule has 4 heterocycles. The fourth-order valence-electron chi connectivity index (χ4n) is 5.86. The predicted molar refractivity (Wildman–Crippen MR) is 227 cm³/mol. The highest BCUT2D eigenvalue weighted by Crippen LogP contribution is 2.36. The molecule has 8 aromatic rings. The zero-order chi connectivity index (χ0) is 38.7. The molecule has 8 rings (SSSR count). The third-order valence-electron chi connectivity index (χ3n) is 8.54. The Hall–Kier alpha value is -5.43. The third-order valence-corrected chi connectivity index (χ3v) is 13.1. The number of fused-ring (bicyclic) bond motifs is 2. The van der Waals surface area contributed by atoms with Crippen molar-refractivity contribution in [2.24, 2.45) is 0 Å². The third kappa shape index (κ3) is 8.46. The number of rotatable bonds is 7. The molecule has 0 saturated carbocycles. The van der Waals surface area contributed by atoms with E-state index in [1.807, 2.05) is 85.1 Å². The minimum absolute atomic E-state index is 0.114. The molecule has 13 heteroatoms. The number of nitrogens with one attached hydrogen (secondary N) is 2. The first-order valence-corrected chi connectivity index (χ1v) is 21.0. The van der Waals surface area contributed by atoms with Crippen LogP contribution < -0.4 is 10.6 Å². The van der Waals surface area contributed by atoms with Crippen LogP contribution in [0.4, 0.5) is 11.4 Å². The van der Waals surface area contributed by atoms with Crippen LogP contribution in [0.2, 0.25) is 10.0 Å². The lowest BCUT2D eigenvalue weighted by Gasteiger charge is -2.11. The van der Waals surface area contributed by atoms with Crippen LogP contribution in [0.15, 0.2) is 137 Å². The first-order valence-electron chi connectivity index (χ1n) is 16.7. The van der Waals surface area contributed by atoms with Gasteiger partial charge in [0, 0.05) is 51.9 Å². The number of sulfone groups is 1. The smallest absolute Gasteiger partial charge is 0.265 e. The van der Waals surface area contributed by atoms with E-state index in [2.05, 4.69) is 20.6 Å². The summed E-state index contributed by atoms with van der Waals surface area (Å²) in [7, 11) is -3.34. The summed E-state index contributed by atoms with van der Waals surface area (Å²) in [5, 5.41) is 12.9. The molecule has 0 aliphatic rings. The fraction of sp³-hybridized carbons (Fsp3) is 0.0476. The van der Waals surface area contributed by atoms with Gasteiger partial charge in [-0.2, -0.15) is 0 Å². The molecule has 0 fully saturated rings. The number of carbonyl (C=O) groups is 2. The summed E-state index contributed by atoms with van der Waals surface area (Å²) in [6, 6.07) is 35.3. The number of halogens is 2. The monoisotopic (exact) mass is 820 g/mol. The van der Waals surface area contributed by atoms with Crippen LogP contribution in [-0.2, 0) is 9.84 Å². The number of pyridine rings is 2. The molecule has 0 aliphatic carbocycles. The van der Waals surface area contributed by atoms with Crippen molar-refractivity contribution in [3.05, 3.63) is 158 Å². The molecule has 8 nitrogen and oxygen atoms in total. The molecule has 4 aromatic heterocycles. The Balaban J connectivity index is 0.000000170. The van der Waals surface area contributed by atoms with Gasteiger partial charge in [-0.3, -0.25) is 19.6 Å². The number of thiophene rings is 2. The van der Waals surface area contributed by atoms with Crippen LogP contribution in [-0.4, -0.2) is 36.5 Å². The number of aromatic nitrogens is 2. The van der Waals surface area contributed by atoms with E-state index in [4.69, 9.17) is 23.2 Å². The minimum atomic E-state index is -3.34. The number of anilines is 2. The molecule has 0 saturated heterocycles. The van der Waals surface area contributed by atoms with Crippen molar-refractivity contribution in [1.82, 2.24) is 9.97 Å². The van der Waals surface area contributed by atoms with Crippen molar-refractivity contribution < 1.29 is 18.0 Å². The molecule has 4 aromatic carbocycles. The maximum Gasteiger partial charge on any atom is 0.265 e. The van der Waals surface area contributed by atoms with Crippen LogP contribution in [0.25, 0.3) is 44.1 Å². The second-order valence-corrected chi connectivity index (χ2v) is 17.4. The van der Waals surface area contributed by atoms with E-state index in [9.17, 15) is 18.0 Å². The number of aryl methyl sites for hydroxylation is 1. The van der Waals surface area contributed by atoms with Gasteiger partial charge in [0.2, 0.25) is 0 Å². The average Bonchev–Trinajstić information content (AvgIpc) is 3.87. The Bertz CT molecular complexity index is 2840. The summed E-state index contributed by atoms with van der Waals surface area (Å²) >= 11 is 15.2. The molecule has 0 bridgehead atoms. The number of amides is 2. The Morgan fingerprint density at radius 2 is 1.18 bits per heavy atom. The van der Waals surface area contributed by atoms with Crippen LogP contribution in [0, 0.1) is 6.92 Å². The Labute approximate surface area is 335 Å². The van der Waals surface area contributed by atoms with E-state index in [1.54, 1.807) is 42.7 Å². The topological polar surface area (TPSA) is 118 Å². The van der Waals surface area contributed by atoms with Gasteiger partial charge in [-0.25, -0.2) is 8.42 Å². The van der Waals surface area contributed by atoms with Crippen LogP contribution in [0.3, 0.4) is 0 Å². The second kappa shape index (κ2) is 16.1. The molecule has 0 atom stereocenters. The van der Waals surface area contributed by atoms with Crippen LogP contribution >= 0.6 is 45.9 Å². The standard InChI is InChI=1S/C21H15ClN2O3S2.C21H15ClN2OS/c1-29(26,27)19-9-8-18(28-19)21(25)24-14-6-7-17(22)16(12-14)20-15-5-3-2-4-13(15)10-11-23-20;1-13-9-11-26-20(13)21(25)24-15-6-7-18(22)17(12-15)19-16-5-3-2-4-14(16)8-10-23-19/h2-12H,1H3,(H,24,25);2-12H,1H3,(H,24,25). The summed E-state index contributed by atoms with van der Waals surface area (Å²) in [5.74, 6) is -0.499. The van der Waals surface area contributed by atoms with E-state index >= 15 is 0 Å². The van der Waals surface area contributed by atoms with Gasteiger partial charge in [0.15, 0.2) is 9.84 Å². The summed E-state index contributed by atoms with van der Waals surface area (Å²) in [6.07, 6.45) is 4.61. The van der Waals surface area contributed by atoms with Crippen molar-refractivity contribution in [3.63, 3.8) is 0 Å². The summed E-state index contributed by atoms with van der Waals surface area (Å²) < 4.78 is 23.4. The van der Waals surface area contributed by atoms with Crippen LogP contribution in [0.5, 0.6) is 0 Å². The Kier molecular flexibility index (Phi) is 11.1. The van der Waals surface area contributed by atoms with Gasteiger partial charge in [-0.15, -0.1) is 22.7 Å². The summed E-state index contributed by atoms with van der Waals surface area (Å²) in [6.45, 7) is 1.93. The van der Waals surface area contributed by atoms with Gasteiger partial charge in [0.25, 0.3) is 11.8 Å². The van der Waals surface area contributed by atoms with E-state index in [-0.39, 0.29) is 16.0 Å². The van der Waals surface area contributed by atoms with Crippen molar-refractivity contribution in [2.45, 2.75) is 11.1 Å². The summed E-state index contributed by atoms with van der Waals surface area (Å²) in [5.41, 5.74) is 5.22. The largest absolute Gasteiger partial charge is 0.321 e. The van der Waals surface area contributed by atoms with Gasteiger partial charge in [0.05, 0.1) is 31.2 Å². The first kappa shape index (κ1) is 37.9. The lowest BCUT2D eigenvalue weighted by molar-refractivity contribution is 0.102. The van der Waals surface area contributed by atoms with Crippen LogP contribution in [0.1, 0.15) is 24.9 Å². The maximum absolute atomic E-state index is 12.6. The molecule has 0 spiro atoms. The average molecular weight is 822 g/mol. The van der Waals surface area contributed by atoms with E-state index in [1.165, 1.54) is 23.5 Å². The van der Waals surface area contributed by atoms with Crippen molar-refractivity contribution in [1.29, 1.82) is 0 Å². The number of benzene rings is 4. The lowest BCUT2D eigenvalue weighted by atomic mass is 10.0. The molecule has 0 unspecified atom stereocenters. The molecule has 2 amide bonds. The van der Waals surface area contributed by atoms with E-state index in [0.717, 1.165) is 61.7 Å². The lowest BCUT2D eigenvalue weighted by Crippen LogP contribution is -2.11. The molecule has 55 heavy (non-hydrogen) atoms. The van der Waals surface area contributed by atoms with Gasteiger partial charge in [-0.05, 0) is 95.4 Å². The zero-order valence-electron chi connectivity index (χ0n) is 29.2. The zero-order valence-corrected chi connectivity index (χ0v) is 33.2. The fourth-order valence-corrected chi connectivity index (χ4v) is 8.92. The molecular weight excluding hydrogens is 792 g/mol. The highest BCUT2D eigenvalue weighted by atomic mass is 35.5. The number of nitrogens with zero attached hydrogens (tertiary/aromatic N) is 2.